The summed E-state index contributed by atoms with van der Waals surface area (Å²) in [4.78, 5) is 4.83. The zero-order chi connectivity index (χ0) is 21.1. The fourth-order valence-electron chi connectivity index (χ4n) is 3.18. The summed E-state index contributed by atoms with van der Waals surface area (Å²) in [5.74, 6) is 1.98. The summed E-state index contributed by atoms with van der Waals surface area (Å²) >= 11 is 3.08. The van der Waals surface area contributed by atoms with E-state index in [0.717, 1.165) is 28.3 Å². The van der Waals surface area contributed by atoms with Crippen LogP contribution in [0, 0.1) is 0 Å². The smallest absolute Gasteiger partial charge is 0.304 e. The van der Waals surface area contributed by atoms with Gasteiger partial charge < -0.3 is 4.57 Å². The van der Waals surface area contributed by atoms with E-state index in [0.29, 0.717) is 23.0 Å². The van der Waals surface area contributed by atoms with Crippen molar-refractivity contribution in [2.75, 3.05) is 5.75 Å². The molecular weight excluding hydrogens is 429 g/mol. The van der Waals surface area contributed by atoms with E-state index in [-0.39, 0.29) is 6.04 Å². The Labute approximate surface area is 181 Å². The molecule has 156 valence electrons. The molecule has 2 aromatic carbocycles. The van der Waals surface area contributed by atoms with Gasteiger partial charge in [0.15, 0.2) is 11.0 Å². The number of rotatable bonds is 6. The SMILES string of the molecule is CCn1c(SCc2cccc(C(F)(F)F)c2)nnc1C1CSC(c2ccccc2)=N1. The summed E-state index contributed by atoms with van der Waals surface area (Å²) < 4.78 is 40.8. The molecule has 4 rings (SSSR count). The molecule has 1 atom stereocenters. The van der Waals surface area contributed by atoms with Gasteiger partial charge in [-0.2, -0.15) is 13.2 Å². The minimum absolute atomic E-state index is 0.0828. The lowest BCUT2D eigenvalue weighted by molar-refractivity contribution is -0.137. The summed E-state index contributed by atoms with van der Waals surface area (Å²) in [7, 11) is 0. The molecule has 0 saturated carbocycles. The van der Waals surface area contributed by atoms with Gasteiger partial charge in [-0.1, -0.05) is 60.3 Å². The van der Waals surface area contributed by atoms with E-state index in [1.54, 1.807) is 17.8 Å². The second kappa shape index (κ2) is 8.85. The minimum Gasteiger partial charge on any atom is -0.304 e. The number of nitrogens with zero attached hydrogens (tertiary/aromatic N) is 4. The van der Waals surface area contributed by atoms with Crippen molar-refractivity contribution in [3.8, 4) is 0 Å². The second-order valence-corrected chi connectivity index (χ2v) is 8.65. The number of aromatic nitrogens is 3. The van der Waals surface area contributed by atoms with Crippen LogP contribution in [-0.2, 0) is 18.5 Å². The normalized spacial score (nSPS) is 16.7. The topological polar surface area (TPSA) is 43.1 Å². The number of hydrogen-bond acceptors (Lipinski definition) is 5. The average molecular weight is 449 g/mol. The number of halogens is 3. The van der Waals surface area contributed by atoms with E-state index in [1.807, 2.05) is 41.8 Å². The monoisotopic (exact) mass is 448 g/mol. The van der Waals surface area contributed by atoms with Crippen molar-refractivity contribution in [3.63, 3.8) is 0 Å². The van der Waals surface area contributed by atoms with Gasteiger partial charge in [0.25, 0.3) is 0 Å². The Morgan fingerprint density at radius 2 is 1.90 bits per heavy atom. The zero-order valence-electron chi connectivity index (χ0n) is 16.1. The van der Waals surface area contributed by atoms with Gasteiger partial charge in [0.2, 0.25) is 0 Å². The molecule has 1 aliphatic rings. The van der Waals surface area contributed by atoms with Crippen LogP contribution < -0.4 is 0 Å². The Bertz CT molecular complexity index is 1050. The highest BCUT2D eigenvalue weighted by Crippen LogP contribution is 2.35. The van der Waals surface area contributed by atoms with Gasteiger partial charge in [-0.05, 0) is 18.6 Å². The van der Waals surface area contributed by atoms with Crippen LogP contribution in [0.3, 0.4) is 0 Å². The molecule has 0 N–H and O–H groups in total. The molecule has 1 aliphatic heterocycles. The molecule has 1 unspecified atom stereocenters. The highest BCUT2D eigenvalue weighted by atomic mass is 32.2. The van der Waals surface area contributed by atoms with Crippen LogP contribution in [-0.4, -0.2) is 25.6 Å². The van der Waals surface area contributed by atoms with E-state index in [9.17, 15) is 13.2 Å². The van der Waals surface area contributed by atoms with Gasteiger partial charge in [-0.3, -0.25) is 4.99 Å². The fourth-order valence-corrected chi connectivity index (χ4v) is 5.18. The maximum absolute atomic E-state index is 12.9. The van der Waals surface area contributed by atoms with Crippen molar-refractivity contribution in [1.29, 1.82) is 0 Å². The molecule has 0 saturated heterocycles. The summed E-state index contributed by atoms with van der Waals surface area (Å²) in [5.41, 5.74) is 1.05. The molecule has 0 bridgehead atoms. The van der Waals surface area contributed by atoms with E-state index < -0.39 is 11.7 Å². The lowest BCUT2D eigenvalue weighted by Gasteiger charge is -2.10. The maximum Gasteiger partial charge on any atom is 0.416 e. The predicted octanol–water partition coefficient (Wildman–Crippen LogP) is 5.84. The quantitative estimate of drug-likeness (QED) is 0.444. The van der Waals surface area contributed by atoms with Gasteiger partial charge in [-0.25, -0.2) is 0 Å². The number of aliphatic imine (C=N–C) groups is 1. The molecule has 4 nitrogen and oxygen atoms in total. The summed E-state index contributed by atoms with van der Waals surface area (Å²) in [6.45, 7) is 2.68. The van der Waals surface area contributed by atoms with Crippen molar-refractivity contribution < 1.29 is 13.2 Å². The number of alkyl halides is 3. The van der Waals surface area contributed by atoms with Gasteiger partial charge >= 0.3 is 6.18 Å². The van der Waals surface area contributed by atoms with Crippen molar-refractivity contribution in [1.82, 2.24) is 14.8 Å². The first-order valence-electron chi connectivity index (χ1n) is 9.43. The van der Waals surface area contributed by atoms with Gasteiger partial charge in [0, 0.05) is 23.6 Å². The Morgan fingerprint density at radius 3 is 2.63 bits per heavy atom. The summed E-state index contributed by atoms with van der Waals surface area (Å²) in [5, 5.41) is 10.3. The molecule has 0 radical (unpaired) electrons. The largest absolute Gasteiger partial charge is 0.416 e. The van der Waals surface area contributed by atoms with Crippen LogP contribution in [0.25, 0.3) is 0 Å². The second-order valence-electron chi connectivity index (χ2n) is 6.70. The Kier molecular flexibility index (Phi) is 6.19. The first-order valence-corrected chi connectivity index (χ1v) is 11.4. The van der Waals surface area contributed by atoms with E-state index in [2.05, 4.69) is 10.2 Å². The molecule has 0 amide bonds. The average Bonchev–Trinajstić information content (AvgIpc) is 3.39. The van der Waals surface area contributed by atoms with Gasteiger partial charge in [0.05, 0.1) is 10.6 Å². The van der Waals surface area contributed by atoms with E-state index in [4.69, 9.17) is 4.99 Å². The molecule has 9 heteroatoms. The Hall–Kier alpha value is -2.26. The molecule has 0 aliphatic carbocycles. The lowest BCUT2D eigenvalue weighted by Crippen LogP contribution is -2.08. The van der Waals surface area contributed by atoms with Crippen molar-refractivity contribution >= 4 is 28.6 Å². The van der Waals surface area contributed by atoms with Crippen molar-refractivity contribution in [3.05, 3.63) is 77.1 Å². The highest BCUT2D eigenvalue weighted by molar-refractivity contribution is 8.14. The van der Waals surface area contributed by atoms with Gasteiger partial charge in [0.1, 0.15) is 6.04 Å². The van der Waals surface area contributed by atoms with Crippen molar-refractivity contribution in [2.45, 2.75) is 36.6 Å². The molecular formula is C21H19F3N4S2. The zero-order valence-corrected chi connectivity index (χ0v) is 17.8. The maximum atomic E-state index is 12.9. The standard InChI is InChI=1S/C21H19F3N4S2/c1-2-28-18(17-13-29-19(25-17)15-8-4-3-5-9-15)26-27-20(28)30-12-14-7-6-10-16(11-14)21(22,23)24/h3-11,17H,2,12-13H2,1H3. The molecule has 0 spiro atoms. The Morgan fingerprint density at radius 1 is 1.10 bits per heavy atom. The van der Waals surface area contributed by atoms with E-state index >= 15 is 0 Å². The Balaban J connectivity index is 1.50. The molecule has 3 aromatic rings. The number of hydrogen-bond donors (Lipinski definition) is 0. The van der Waals surface area contributed by atoms with Crippen LogP contribution in [0.15, 0.2) is 64.7 Å². The minimum atomic E-state index is -4.34. The van der Waals surface area contributed by atoms with E-state index in [1.165, 1.54) is 23.9 Å². The van der Waals surface area contributed by atoms with Crippen LogP contribution in [0.5, 0.6) is 0 Å². The molecule has 2 heterocycles. The molecule has 0 fully saturated rings. The van der Waals surface area contributed by atoms with Crippen molar-refractivity contribution in [2.24, 2.45) is 4.99 Å². The lowest BCUT2D eigenvalue weighted by atomic mass is 10.1. The van der Waals surface area contributed by atoms with Crippen LogP contribution in [0.4, 0.5) is 13.2 Å². The van der Waals surface area contributed by atoms with Gasteiger partial charge in [-0.15, -0.1) is 22.0 Å². The first kappa shape index (κ1) is 21.0. The fraction of sp³-hybridized carbons (Fsp3) is 0.286. The third-order valence-corrected chi connectivity index (χ3v) is 6.79. The summed E-state index contributed by atoms with van der Waals surface area (Å²) in [6, 6.07) is 15.3. The first-order chi connectivity index (χ1) is 14.5. The highest BCUT2D eigenvalue weighted by Gasteiger charge is 2.30. The molecule has 1 aromatic heterocycles. The predicted molar refractivity (Wildman–Crippen MR) is 115 cm³/mol. The van der Waals surface area contributed by atoms with Crippen LogP contribution in [0.1, 0.15) is 35.5 Å². The number of thioether (sulfide) groups is 2. The third-order valence-electron chi connectivity index (χ3n) is 4.65. The van der Waals surface area contributed by atoms with Crippen LogP contribution in [0.2, 0.25) is 0 Å². The third kappa shape index (κ3) is 4.57. The van der Waals surface area contributed by atoms with Crippen LogP contribution >= 0.6 is 23.5 Å². The number of benzene rings is 2. The molecule has 30 heavy (non-hydrogen) atoms. The summed E-state index contributed by atoms with van der Waals surface area (Å²) in [6.07, 6.45) is -4.34.